The van der Waals surface area contributed by atoms with Crippen molar-refractivity contribution in [1.29, 1.82) is 0 Å². The van der Waals surface area contributed by atoms with Crippen molar-refractivity contribution in [3.05, 3.63) is 18.0 Å². The molecule has 1 amide bonds. The molecule has 4 heterocycles. The molecule has 0 saturated carbocycles. The number of aryl methyl sites for hydroxylation is 1. The summed E-state index contributed by atoms with van der Waals surface area (Å²) in [6.07, 6.45) is 5.27. The van der Waals surface area contributed by atoms with Crippen LogP contribution in [0.5, 0.6) is 0 Å². The molecule has 1 aromatic heterocycles. The van der Waals surface area contributed by atoms with Crippen LogP contribution in [-0.2, 0) is 14.3 Å². The van der Waals surface area contributed by atoms with Gasteiger partial charge < -0.3 is 19.3 Å². The van der Waals surface area contributed by atoms with E-state index in [0.717, 1.165) is 57.0 Å². The lowest BCUT2D eigenvalue weighted by atomic mass is 9.94. The molecule has 25 heavy (non-hydrogen) atoms. The van der Waals surface area contributed by atoms with Crippen LogP contribution >= 0.6 is 0 Å². The maximum atomic E-state index is 13.0. The van der Waals surface area contributed by atoms with Gasteiger partial charge in [-0.25, -0.2) is 9.97 Å². The Kier molecular flexibility index (Phi) is 4.60. The van der Waals surface area contributed by atoms with Gasteiger partial charge in [0.1, 0.15) is 0 Å². The van der Waals surface area contributed by atoms with E-state index in [0.29, 0.717) is 19.8 Å². The number of hydrogen-bond acceptors (Lipinski definition) is 6. The molecule has 3 saturated heterocycles. The van der Waals surface area contributed by atoms with Gasteiger partial charge in [-0.15, -0.1) is 0 Å². The Balaban J connectivity index is 1.37. The number of carbonyl (C=O) groups excluding carboxylic acids is 1. The molecule has 3 aliphatic rings. The first-order valence-corrected chi connectivity index (χ1v) is 9.27. The Morgan fingerprint density at radius 2 is 2.00 bits per heavy atom. The second-order valence-electron chi connectivity index (χ2n) is 7.22. The summed E-state index contributed by atoms with van der Waals surface area (Å²) >= 11 is 0. The molecule has 136 valence electrons. The van der Waals surface area contributed by atoms with E-state index in [1.54, 1.807) is 6.20 Å². The van der Waals surface area contributed by atoms with E-state index >= 15 is 0 Å². The summed E-state index contributed by atoms with van der Waals surface area (Å²) in [5.41, 5.74) is 0.955. The Hall–Kier alpha value is -1.73. The highest BCUT2D eigenvalue weighted by atomic mass is 16.7. The molecule has 0 radical (unpaired) electrons. The van der Waals surface area contributed by atoms with Crippen molar-refractivity contribution in [1.82, 2.24) is 14.9 Å². The monoisotopic (exact) mass is 346 g/mol. The summed E-state index contributed by atoms with van der Waals surface area (Å²) in [4.78, 5) is 26.0. The third-order valence-corrected chi connectivity index (χ3v) is 5.49. The lowest BCUT2D eigenvalue weighted by Crippen LogP contribution is -2.51. The topological polar surface area (TPSA) is 67.8 Å². The van der Waals surface area contributed by atoms with Gasteiger partial charge in [0, 0.05) is 50.9 Å². The first-order valence-electron chi connectivity index (χ1n) is 9.27. The van der Waals surface area contributed by atoms with Gasteiger partial charge >= 0.3 is 0 Å². The SMILES string of the molecule is Cc1ccnc(N2CCCC(C(=O)N3CCC4(CC3)OCCO4)C2)n1. The summed E-state index contributed by atoms with van der Waals surface area (Å²) in [6.45, 7) is 6.36. The summed E-state index contributed by atoms with van der Waals surface area (Å²) in [7, 11) is 0. The highest BCUT2D eigenvalue weighted by Gasteiger charge is 2.42. The molecular formula is C18H26N4O3. The minimum Gasteiger partial charge on any atom is -0.347 e. The third kappa shape index (κ3) is 3.48. The van der Waals surface area contributed by atoms with Crippen LogP contribution < -0.4 is 4.90 Å². The Bertz CT molecular complexity index is 623. The van der Waals surface area contributed by atoms with Gasteiger partial charge in [-0.3, -0.25) is 4.79 Å². The highest BCUT2D eigenvalue weighted by Crippen LogP contribution is 2.32. The van der Waals surface area contributed by atoms with Crippen molar-refractivity contribution in [3.63, 3.8) is 0 Å². The zero-order valence-corrected chi connectivity index (χ0v) is 14.8. The number of piperidine rings is 2. The van der Waals surface area contributed by atoms with Crippen molar-refractivity contribution < 1.29 is 14.3 Å². The molecule has 0 bridgehead atoms. The molecule has 1 aromatic rings. The predicted octanol–water partition coefficient (Wildman–Crippen LogP) is 1.37. The molecule has 0 aromatic carbocycles. The van der Waals surface area contributed by atoms with E-state index in [9.17, 15) is 4.79 Å². The number of anilines is 1. The molecule has 1 spiro atoms. The summed E-state index contributed by atoms with van der Waals surface area (Å²) in [5, 5.41) is 0. The largest absolute Gasteiger partial charge is 0.347 e. The number of aromatic nitrogens is 2. The van der Waals surface area contributed by atoms with E-state index in [2.05, 4.69) is 14.9 Å². The normalized spacial score (nSPS) is 26.2. The van der Waals surface area contributed by atoms with Crippen molar-refractivity contribution in [3.8, 4) is 0 Å². The minimum atomic E-state index is -0.426. The van der Waals surface area contributed by atoms with Crippen molar-refractivity contribution in [2.75, 3.05) is 44.3 Å². The molecule has 7 nitrogen and oxygen atoms in total. The number of hydrogen-bond donors (Lipinski definition) is 0. The zero-order valence-electron chi connectivity index (χ0n) is 14.8. The fraction of sp³-hybridized carbons (Fsp3) is 0.722. The fourth-order valence-corrected chi connectivity index (χ4v) is 4.06. The summed E-state index contributed by atoms with van der Waals surface area (Å²) in [5.74, 6) is 0.593. The van der Waals surface area contributed by atoms with Crippen molar-refractivity contribution >= 4 is 11.9 Å². The number of carbonyl (C=O) groups is 1. The first kappa shape index (κ1) is 16.7. The molecule has 7 heteroatoms. The van der Waals surface area contributed by atoms with Crippen LogP contribution in [0, 0.1) is 12.8 Å². The van der Waals surface area contributed by atoms with Gasteiger partial charge in [0.2, 0.25) is 11.9 Å². The van der Waals surface area contributed by atoms with Crippen LogP contribution in [0.1, 0.15) is 31.4 Å². The minimum absolute atomic E-state index is 0.0253. The van der Waals surface area contributed by atoms with E-state index in [1.807, 2.05) is 17.9 Å². The fourth-order valence-electron chi connectivity index (χ4n) is 4.06. The Morgan fingerprint density at radius 3 is 2.72 bits per heavy atom. The van der Waals surface area contributed by atoms with Gasteiger partial charge in [-0.05, 0) is 25.8 Å². The van der Waals surface area contributed by atoms with E-state index in [1.165, 1.54) is 0 Å². The maximum absolute atomic E-state index is 13.0. The van der Waals surface area contributed by atoms with Crippen LogP contribution in [0.3, 0.4) is 0 Å². The van der Waals surface area contributed by atoms with Gasteiger partial charge in [-0.2, -0.15) is 0 Å². The third-order valence-electron chi connectivity index (χ3n) is 5.49. The van der Waals surface area contributed by atoms with Gasteiger partial charge in [0.25, 0.3) is 0 Å². The zero-order chi connectivity index (χ0) is 17.3. The Labute approximate surface area is 148 Å². The molecular weight excluding hydrogens is 320 g/mol. The van der Waals surface area contributed by atoms with Gasteiger partial charge in [-0.1, -0.05) is 0 Å². The molecule has 4 rings (SSSR count). The second-order valence-corrected chi connectivity index (χ2v) is 7.22. The van der Waals surface area contributed by atoms with Gasteiger partial charge in [0.05, 0.1) is 19.1 Å². The second kappa shape index (κ2) is 6.88. The number of likely N-dealkylation sites (tertiary alicyclic amines) is 1. The highest BCUT2D eigenvalue weighted by molar-refractivity contribution is 5.79. The van der Waals surface area contributed by atoms with Crippen molar-refractivity contribution in [2.24, 2.45) is 5.92 Å². The number of ether oxygens (including phenoxy) is 2. The molecule has 1 unspecified atom stereocenters. The van der Waals surface area contributed by atoms with Crippen LogP contribution in [0.25, 0.3) is 0 Å². The number of amides is 1. The summed E-state index contributed by atoms with van der Waals surface area (Å²) in [6, 6.07) is 1.90. The van der Waals surface area contributed by atoms with E-state index in [-0.39, 0.29) is 11.8 Å². The molecule has 0 aliphatic carbocycles. The van der Waals surface area contributed by atoms with Crippen LogP contribution in [0.4, 0.5) is 5.95 Å². The number of rotatable bonds is 2. The Morgan fingerprint density at radius 1 is 1.24 bits per heavy atom. The van der Waals surface area contributed by atoms with Crippen LogP contribution in [0.2, 0.25) is 0 Å². The molecule has 3 fully saturated rings. The lowest BCUT2D eigenvalue weighted by molar-refractivity contribution is -0.188. The quantitative estimate of drug-likeness (QED) is 0.806. The average Bonchev–Trinajstić information content (AvgIpc) is 3.10. The van der Waals surface area contributed by atoms with Crippen LogP contribution in [-0.4, -0.2) is 66.0 Å². The van der Waals surface area contributed by atoms with E-state index in [4.69, 9.17) is 9.47 Å². The molecule has 1 atom stereocenters. The van der Waals surface area contributed by atoms with Gasteiger partial charge in [0.15, 0.2) is 5.79 Å². The maximum Gasteiger partial charge on any atom is 0.227 e. The lowest BCUT2D eigenvalue weighted by Gasteiger charge is -2.40. The average molecular weight is 346 g/mol. The molecule has 3 aliphatic heterocycles. The van der Waals surface area contributed by atoms with Crippen molar-refractivity contribution in [2.45, 2.75) is 38.4 Å². The van der Waals surface area contributed by atoms with E-state index < -0.39 is 5.79 Å². The molecule has 0 N–H and O–H groups in total. The standard InChI is InChI=1S/C18H26N4O3/c1-14-4-7-19-17(20-14)22-8-2-3-15(13-22)16(23)21-9-5-18(6-10-21)24-11-12-25-18/h4,7,15H,2-3,5-6,8-13H2,1H3. The number of nitrogens with zero attached hydrogens (tertiary/aromatic N) is 4. The first-order chi connectivity index (χ1) is 12.2. The van der Waals surface area contributed by atoms with Crippen LogP contribution in [0.15, 0.2) is 12.3 Å². The predicted molar refractivity (Wildman–Crippen MR) is 92.2 cm³/mol. The summed E-state index contributed by atoms with van der Waals surface area (Å²) < 4.78 is 11.5. The smallest absolute Gasteiger partial charge is 0.227 e.